The van der Waals surface area contributed by atoms with Gasteiger partial charge in [-0.3, -0.25) is 0 Å². The van der Waals surface area contributed by atoms with Crippen LogP contribution in [0.5, 0.6) is 0 Å². The van der Waals surface area contributed by atoms with Gasteiger partial charge in [0, 0.05) is 37.1 Å². The Morgan fingerprint density at radius 3 is 1.69 bits per heavy atom. The molecule has 0 atom stereocenters. The van der Waals surface area contributed by atoms with Crippen molar-refractivity contribution in [2.24, 2.45) is 0 Å². The molecule has 0 fully saturated rings. The van der Waals surface area contributed by atoms with Gasteiger partial charge in [0.25, 0.3) is 0 Å². The number of hydrogen-bond donors (Lipinski definition) is 0. The molecule has 0 aliphatic carbocycles. The van der Waals surface area contributed by atoms with Crippen LogP contribution in [0.3, 0.4) is 0 Å². The molecule has 10 aromatic rings. The van der Waals surface area contributed by atoms with Gasteiger partial charge >= 0.3 is 0 Å². The van der Waals surface area contributed by atoms with Crippen LogP contribution in [0, 0.1) is 0 Å². The van der Waals surface area contributed by atoms with E-state index in [-0.39, 0.29) is 0 Å². The fourth-order valence-electron chi connectivity index (χ4n) is 7.88. The molecule has 244 valence electrons. The Bertz CT molecular complexity index is 2910. The first kappa shape index (κ1) is 30.4. The number of benzene rings is 9. The summed E-state index contributed by atoms with van der Waals surface area (Å²) >= 11 is 1.86. The Morgan fingerprint density at radius 2 is 0.885 bits per heavy atom. The summed E-state index contributed by atoms with van der Waals surface area (Å²) in [6, 6.07) is 73.0. The van der Waals surface area contributed by atoms with Crippen molar-refractivity contribution >= 4 is 70.1 Å². The summed E-state index contributed by atoms with van der Waals surface area (Å²) in [6.45, 7) is 0. The first-order valence-corrected chi connectivity index (χ1v) is 18.6. The molecule has 0 amide bonds. The third-order valence-electron chi connectivity index (χ3n) is 10.3. The molecule has 0 saturated heterocycles. The summed E-state index contributed by atoms with van der Waals surface area (Å²) in [7, 11) is 0. The molecular weight excluding hydrogens is 647 g/mol. The maximum atomic E-state index is 2.43. The van der Waals surface area contributed by atoms with Gasteiger partial charge in [0.1, 0.15) is 0 Å². The zero-order chi connectivity index (χ0) is 34.4. The zero-order valence-corrected chi connectivity index (χ0v) is 29.2. The van der Waals surface area contributed by atoms with E-state index in [1.54, 1.807) is 0 Å². The molecule has 9 aromatic carbocycles. The van der Waals surface area contributed by atoms with E-state index in [2.05, 4.69) is 205 Å². The molecule has 0 unspecified atom stereocenters. The number of fused-ring (bicyclic) bond motifs is 5. The second-order valence-corrected chi connectivity index (χ2v) is 14.4. The molecule has 0 radical (unpaired) electrons. The number of thiophene rings is 1. The monoisotopic (exact) mass is 679 g/mol. The highest BCUT2D eigenvalue weighted by Gasteiger charge is 2.20. The van der Waals surface area contributed by atoms with Crippen LogP contribution < -0.4 is 4.90 Å². The van der Waals surface area contributed by atoms with E-state index in [9.17, 15) is 0 Å². The molecule has 2 heteroatoms. The smallest absolute Gasteiger partial charge is 0.0540 e. The molecule has 52 heavy (non-hydrogen) atoms. The average Bonchev–Trinajstić information content (AvgIpc) is 3.60. The van der Waals surface area contributed by atoms with Gasteiger partial charge in [0.15, 0.2) is 0 Å². The standard InChI is InChI=1S/C50H33NS/c1-3-19-40-34(13-1)15-10-23-41(40)36-29-31-38(32-30-36)51(47-26-7-5-21-45(47)44-25-11-16-35-14-2-4-20-42(35)44)39-18-9-17-37(33-39)43-24-12-28-49-50(43)46-22-6-8-27-48(46)52-49/h1-33H. The Hall–Kier alpha value is -6.48. The number of para-hydroxylation sites is 1. The minimum Gasteiger partial charge on any atom is -0.310 e. The topological polar surface area (TPSA) is 3.24 Å². The third kappa shape index (κ3) is 5.16. The van der Waals surface area contributed by atoms with Gasteiger partial charge in [-0.15, -0.1) is 11.3 Å². The number of rotatable bonds is 6. The normalized spacial score (nSPS) is 11.5. The highest BCUT2D eigenvalue weighted by molar-refractivity contribution is 7.25. The van der Waals surface area contributed by atoms with Gasteiger partial charge in [-0.2, -0.15) is 0 Å². The molecule has 1 aromatic heterocycles. The molecule has 0 spiro atoms. The summed E-state index contributed by atoms with van der Waals surface area (Å²) in [6.07, 6.45) is 0. The van der Waals surface area contributed by atoms with E-state index >= 15 is 0 Å². The van der Waals surface area contributed by atoms with Gasteiger partial charge in [0.05, 0.1) is 5.69 Å². The van der Waals surface area contributed by atoms with Gasteiger partial charge in [-0.25, -0.2) is 0 Å². The van der Waals surface area contributed by atoms with Crippen molar-refractivity contribution in [2.45, 2.75) is 0 Å². The predicted octanol–water partition coefficient (Wildman–Crippen LogP) is 14.8. The Kier molecular flexibility index (Phi) is 7.41. The van der Waals surface area contributed by atoms with E-state index in [1.165, 1.54) is 75.1 Å². The van der Waals surface area contributed by atoms with Crippen LogP contribution in [0.4, 0.5) is 17.1 Å². The fourth-order valence-corrected chi connectivity index (χ4v) is 9.01. The number of nitrogens with zero attached hydrogens (tertiary/aromatic N) is 1. The second kappa shape index (κ2) is 12.7. The summed E-state index contributed by atoms with van der Waals surface area (Å²) < 4.78 is 2.63. The second-order valence-electron chi connectivity index (χ2n) is 13.3. The number of anilines is 3. The van der Waals surface area contributed by atoms with Crippen molar-refractivity contribution in [3.8, 4) is 33.4 Å². The molecule has 0 N–H and O–H groups in total. The first-order valence-electron chi connectivity index (χ1n) is 17.8. The minimum absolute atomic E-state index is 1.10. The van der Waals surface area contributed by atoms with Crippen molar-refractivity contribution in [1.29, 1.82) is 0 Å². The SMILES string of the molecule is c1cc(-c2cccc3sc4ccccc4c23)cc(N(c2ccc(-c3cccc4ccccc34)cc2)c2ccccc2-c2cccc3ccccc23)c1. The lowest BCUT2D eigenvalue weighted by Crippen LogP contribution is -2.11. The van der Waals surface area contributed by atoms with Gasteiger partial charge in [0.2, 0.25) is 0 Å². The molecule has 0 bridgehead atoms. The highest BCUT2D eigenvalue weighted by Crippen LogP contribution is 2.45. The molecule has 10 rings (SSSR count). The van der Waals surface area contributed by atoms with Gasteiger partial charge in [-0.05, 0) is 91.8 Å². The predicted molar refractivity (Wildman–Crippen MR) is 225 cm³/mol. The maximum absolute atomic E-state index is 2.43. The molecule has 1 heterocycles. The maximum Gasteiger partial charge on any atom is 0.0540 e. The largest absolute Gasteiger partial charge is 0.310 e. The third-order valence-corrected chi connectivity index (χ3v) is 11.4. The molecule has 0 saturated carbocycles. The lowest BCUT2D eigenvalue weighted by Gasteiger charge is -2.29. The van der Waals surface area contributed by atoms with E-state index in [0.29, 0.717) is 0 Å². The van der Waals surface area contributed by atoms with E-state index in [1.807, 2.05) is 11.3 Å². The zero-order valence-electron chi connectivity index (χ0n) is 28.4. The quantitative estimate of drug-likeness (QED) is 0.169. The Balaban J connectivity index is 1.17. The first-order chi connectivity index (χ1) is 25.8. The molecular formula is C50H33NS. The summed E-state index contributed by atoms with van der Waals surface area (Å²) in [4.78, 5) is 2.43. The Morgan fingerprint density at radius 1 is 0.327 bits per heavy atom. The average molecular weight is 680 g/mol. The van der Waals surface area contributed by atoms with E-state index < -0.39 is 0 Å². The van der Waals surface area contributed by atoms with Crippen molar-refractivity contribution < 1.29 is 0 Å². The van der Waals surface area contributed by atoms with Crippen LogP contribution in [-0.2, 0) is 0 Å². The van der Waals surface area contributed by atoms with Crippen LogP contribution in [0.15, 0.2) is 200 Å². The van der Waals surface area contributed by atoms with Crippen LogP contribution in [0.25, 0.3) is 75.1 Å². The molecule has 0 aliphatic heterocycles. The summed E-state index contributed by atoms with van der Waals surface area (Å²) in [5.41, 5.74) is 10.7. The summed E-state index contributed by atoms with van der Waals surface area (Å²) in [5, 5.41) is 7.62. The lowest BCUT2D eigenvalue weighted by atomic mass is 9.95. The van der Waals surface area contributed by atoms with Crippen molar-refractivity contribution in [3.05, 3.63) is 200 Å². The highest BCUT2D eigenvalue weighted by atomic mass is 32.1. The molecule has 1 nitrogen and oxygen atoms in total. The van der Waals surface area contributed by atoms with E-state index in [0.717, 1.165) is 17.1 Å². The summed E-state index contributed by atoms with van der Waals surface area (Å²) in [5.74, 6) is 0. The minimum atomic E-state index is 1.10. The number of hydrogen-bond acceptors (Lipinski definition) is 2. The van der Waals surface area contributed by atoms with Gasteiger partial charge in [-0.1, -0.05) is 158 Å². The van der Waals surface area contributed by atoms with Crippen molar-refractivity contribution in [3.63, 3.8) is 0 Å². The fraction of sp³-hybridized carbons (Fsp3) is 0. The molecule has 0 aliphatic rings. The lowest BCUT2D eigenvalue weighted by molar-refractivity contribution is 1.28. The van der Waals surface area contributed by atoms with Gasteiger partial charge < -0.3 is 4.90 Å². The van der Waals surface area contributed by atoms with E-state index in [4.69, 9.17) is 0 Å². The van der Waals surface area contributed by atoms with Crippen LogP contribution in [0.1, 0.15) is 0 Å². The van der Waals surface area contributed by atoms with Crippen molar-refractivity contribution in [1.82, 2.24) is 0 Å². The van der Waals surface area contributed by atoms with Crippen LogP contribution in [-0.4, -0.2) is 0 Å². The van der Waals surface area contributed by atoms with Crippen molar-refractivity contribution in [2.75, 3.05) is 4.90 Å². The van der Waals surface area contributed by atoms with Crippen LogP contribution >= 0.6 is 11.3 Å². The Labute approximate surface area is 307 Å². The van der Waals surface area contributed by atoms with Crippen LogP contribution in [0.2, 0.25) is 0 Å².